The molecule has 6 N–H and O–H groups in total. The van der Waals surface area contributed by atoms with Crippen LogP contribution in [0.25, 0.3) is 0 Å². The van der Waals surface area contributed by atoms with Crippen LogP contribution in [0, 0.1) is 50.4 Å². The van der Waals surface area contributed by atoms with Crippen molar-refractivity contribution in [3.05, 3.63) is 62.5 Å². The molecule has 0 aliphatic heterocycles. The van der Waals surface area contributed by atoms with Gasteiger partial charge in [-0.1, -0.05) is 6.42 Å². The van der Waals surface area contributed by atoms with E-state index < -0.39 is 65.6 Å². The number of carbonyl (C=O) groups excluding carboxylic acids is 6. The summed E-state index contributed by atoms with van der Waals surface area (Å²) in [5.41, 5.74) is 0. The largest absolute Gasteiger partial charge is 1.00 e. The Balaban J connectivity index is -0.0000000327. The van der Waals surface area contributed by atoms with E-state index in [-0.39, 0.29) is 503 Å². The van der Waals surface area contributed by atoms with E-state index in [9.17, 15) is 57.5 Å². The summed E-state index contributed by atoms with van der Waals surface area (Å²) in [6.45, 7) is 12.7. The van der Waals surface area contributed by atoms with Crippen molar-refractivity contribution in [2.45, 2.75) is 93.9 Å². The second-order valence-electron chi connectivity index (χ2n) is 10.5. The Kier molecular flexibility index (Phi) is 180. The van der Waals surface area contributed by atoms with Gasteiger partial charge in [0.2, 0.25) is 5.97 Å². The van der Waals surface area contributed by atoms with Crippen LogP contribution in [0.15, 0.2) is 12.2 Å². The molecule has 0 bridgehead atoms. The third kappa shape index (κ3) is 143. The molecule has 32 heteroatoms. The predicted molar refractivity (Wildman–Crippen MR) is 232 cm³/mol. The number of allylic oxidation sites excluding steroid dienone is 1. The Labute approximate surface area is 829 Å². The van der Waals surface area contributed by atoms with Crippen molar-refractivity contribution < 1.29 is 582 Å². The molecule has 0 radical (unpaired) electrons. The molecule has 0 rings (SSSR count). The first kappa shape index (κ1) is 127. The Bertz CT molecular complexity index is 1340. The van der Waals surface area contributed by atoms with E-state index in [4.69, 9.17) is 30.6 Å². The molecule has 0 amide bonds. The van der Waals surface area contributed by atoms with Crippen LogP contribution >= 0.6 is 0 Å². The summed E-state index contributed by atoms with van der Waals surface area (Å²) in [4.78, 5) is 120. The quantitative estimate of drug-likeness (QED) is 0.0244. The van der Waals surface area contributed by atoms with Crippen molar-refractivity contribution in [3.8, 4) is 0 Å². The Hall–Kier alpha value is 7.17. The maximum absolute atomic E-state index is 10.6. The number of esters is 6. The second-order valence-corrected chi connectivity index (χ2v) is 10.5. The van der Waals surface area contributed by atoms with Gasteiger partial charge in [-0.2, -0.15) is 73.1 Å². The Morgan fingerprint density at radius 2 is 0.784 bits per heavy atom. The second kappa shape index (κ2) is 105. The van der Waals surface area contributed by atoms with Gasteiger partial charge in [-0.05, 0) is 0 Å². The topological polar surface area (TPSA) is 382 Å². The fourth-order valence-electron chi connectivity index (χ4n) is 1.85. The maximum Gasteiger partial charge on any atom is 1.00 e. The van der Waals surface area contributed by atoms with Gasteiger partial charge in [0.25, 0.3) is 5.97 Å². The van der Waals surface area contributed by atoms with Gasteiger partial charge in [-0.15, -0.1) is 13.0 Å². The van der Waals surface area contributed by atoms with Crippen LogP contribution in [0.5, 0.6) is 0 Å². The first-order chi connectivity index (χ1) is 30.6. The van der Waals surface area contributed by atoms with Crippen molar-refractivity contribution in [1.29, 1.82) is 0 Å². The van der Waals surface area contributed by atoms with Gasteiger partial charge in [-0.25, -0.2) is 12.5 Å². The van der Waals surface area contributed by atoms with Crippen LogP contribution in [0.3, 0.4) is 0 Å². The average molecular weight is 1640 g/mol. The smallest absolute Gasteiger partial charge is 0.503 e. The molecule has 0 atom stereocenters. The molecule has 0 aliphatic rings. The molecular weight excluding hydrogens is 1570 g/mol. The number of carbonyl (C=O) groups is 12. The minimum absolute atomic E-state index is 0. The zero-order valence-corrected chi connectivity index (χ0v) is 87.2. The van der Waals surface area contributed by atoms with Crippen LogP contribution in [0.2, 0.25) is 0 Å². The van der Waals surface area contributed by atoms with E-state index in [0.717, 1.165) is 25.8 Å². The minimum Gasteiger partial charge on any atom is -0.503 e. The number of carboxylic acid groups (broad SMARTS) is 6. The maximum atomic E-state index is 10.6. The van der Waals surface area contributed by atoms with Crippen LogP contribution in [0.1, 0.15) is 93.9 Å². The molecule has 0 saturated heterocycles. The van der Waals surface area contributed by atoms with Crippen molar-refractivity contribution in [2.24, 2.45) is 0 Å². The van der Waals surface area contributed by atoms with Crippen molar-refractivity contribution >= 4 is 71.6 Å². The number of methoxy groups -OCH3 is 6. The third-order valence-corrected chi connectivity index (χ3v) is 5.37. The molecule has 0 aromatic heterocycles. The summed E-state index contributed by atoms with van der Waals surface area (Å²) in [6.07, 6.45) is 14.2. The predicted octanol–water partition coefficient (Wildman–Crippen LogP) is -20.1. The summed E-state index contributed by atoms with van der Waals surface area (Å²) < 4.78 is 25.5. The Morgan fingerprint density at radius 3 is 0.905 bits per heavy atom. The summed E-state index contributed by atoms with van der Waals surface area (Å²) in [7, 11) is 7.58. The number of rotatable bonds is 18. The molecule has 74 heavy (non-hydrogen) atoms. The molecular formula is C42H68O24Rb8. The zero-order chi connectivity index (χ0) is 54.2. The third-order valence-electron chi connectivity index (χ3n) is 5.37. The van der Waals surface area contributed by atoms with Crippen LogP contribution in [-0.2, 0) is 86.0 Å². The zero-order valence-electron chi connectivity index (χ0n) is 47.9. The van der Waals surface area contributed by atoms with Gasteiger partial charge >= 0.3 is 489 Å². The van der Waals surface area contributed by atoms with E-state index >= 15 is 0 Å². The summed E-state index contributed by atoms with van der Waals surface area (Å²) in [5, 5.41) is 47.4. The fraction of sp³-hybridized carbons (Fsp3) is 0.476. The summed E-state index contributed by atoms with van der Waals surface area (Å²) in [6, 6.07) is 0. The standard InChI is InChI=1S/C6H9O4.C6H11O2.C5H8O4.C5H9O2.C5H7O2.C4H5O4.2C4H7O2.C3H5O2.8Rb/c1-4(5(7)9-2)6(8)10-3;1-3-4-5-6(7)8-2;1-8-4(6)3-5(7)9-2;2*1-2-3-4-5(6)7;1-2(3(5)6)4(7)8;1-3-4(5)6-2;1-2-3-4(5)6;1-2-3(4)5;;;;;;;;/h1-3H3;3H,4-5H2,1-2H3;3H2,1-2H3;2H,3-4H2,1H3,(H,6,7);2-4H,1H3,(H,6,7);1H3,(H,5,6)(H,7,8);3H,1-2H3;2H,3H2,1H3,(H,5,6);2H,1H3,(H,4,5);;;;;;;;/q2*-1;;6*-1;8*+1/b;;;;4-3+;;;;;;;;;;;;. The van der Waals surface area contributed by atoms with E-state index in [1.165, 1.54) is 69.0 Å². The van der Waals surface area contributed by atoms with Gasteiger partial charge in [0.15, 0.2) is 35.8 Å². The number of hydrogen-bond donors (Lipinski definition) is 6. The number of hydrogen-bond acceptors (Lipinski definition) is 18. The van der Waals surface area contributed by atoms with Gasteiger partial charge in [0.1, 0.15) is 6.42 Å². The van der Waals surface area contributed by atoms with Crippen molar-refractivity contribution in [2.75, 3.05) is 42.7 Å². The molecule has 0 heterocycles. The minimum atomic E-state index is -1.39. The number of aliphatic carboxylic acids is 6. The SMILES string of the molecule is COC(=O)CC(=O)OC.COC(=O)[C-](C)C(=O)OC.C[C-](C(=O)O)C(=O)O.C[CH-]/C=C/C(=O)O.C[CH-]C(=O)O.C[CH-]C(=O)OC.C[CH-]CC(=O)O.C[CH-]CCC(=O)O.C[CH-]CCC(=O)OC.[Rb+].[Rb+].[Rb+].[Rb+].[Rb+].[Rb+].[Rb+].[Rb+]. The van der Waals surface area contributed by atoms with E-state index in [1.54, 1.807) is 33.6 Å². The van der Waals surface area contributed by atoms with E-state index in [0.29, 0.717) is 12.8 Å². The van der Waals surface area contributed by atoms with Crippen molar-refractivity contribution in [3.63, 3.8) is 0 Å². The number of unbranched alkanes of at least 4 members (excludes halogenated alkanes) is 2. The van der Waals surface area contributed by atoms with Crippen molar-refractivity contribution in [1.82, 2.24) is 0 Å². The van der Waals surface area contributed by atoms with Gasteiger partial charge in [-0.3, -0.25) is 70.4 Å². The Morgan fingerprint density at radius 1 is 0.446 bits per heavy atom. The molecule has 0 aliphatic carbocycles. The van der Waals surface area contributed by atoms with Gasteiger partial charge < -0.3 is 78.3 Å². The van der Waals surface area contributed by atoms with E-state index in [1.807, 2.05) is 26.7 Å². The molecule has 388 valence electrons. The molecule has 0 fully saturated rings. The molecule has 0 spiro atoms. The average Bonchev–Trinajstić information content (AvgIpc) is 3.29. The molecule has 24 nitrogen and oxygen atoms in total. The molecule has 0 aromatic rings. The first-order valence-corrected chi connectivity index (χ1v) is 18.5. The fourth-order valence-corrected chi connectivity index (χ4v) is 1.85. The van der Waals surface area contributed by atoms with Gasteiger partial charge in [0.05, 0.1) is 42.7 Å². The number of carboxylic acids is 6. The summed E-state index contributed by atoms with van der Waals surface area (Å²) >= 11 is 0. The number of ether oxygens (including phenoxy) is 6. The van der Waals surface area contributed by atoms with Crippen LogP contribution in [0.4, 0.5) is 0 Å². The van der Waals surface area contributed by atoms with E-state index in [2.05, 4.69) is 28.4 Å². The first-order valence-electron chi connectivity index (χ1n) is 18.5. The van der Waals surface area contributed by atoms with Crippen LogP contribution < -0.4 is 465 Å². The van der Waals surface area contributed by atoms with Crippen LogP contribution in [-0.4, -0.2) is 145 Å². The monoisotopic (exact) mass is 1640 g/mol. The molecule has 0 saturated carbocycles. The normalized spacial score (nSPS) is 7.32. The van der Waals surface area contributed by atoms with Gasteiger partial charge in [0, 0.05) is 12.8 Å². The molecule has 0 aromatic carbocycles. The molecule has 0 unspecified atom stereocenters. The summed E-state index contributed by atoms with van der Waals surface area (Å²) in [5.74, 6) is -9.57.